The van der Waals surface area contributed by atoms with E-state index in [0.29, 0.717) is 36.5 Å². The smallest absolute Gasteiger partial charge is 0.273 e. The molecule has 2 aromatic carbocycles. The van der Waals surface area contributed by atoms with Gasteiger partial charge in [0.05, 0.1) is 17.7 Å². The lowest BCUT2D eigenvalue weighted by atomic mass is 9.89. The number of piperidine rings is 1. The number of hydrogen-bond acceptors (Lipinski definition) is 5. The number of hydrogen-bond donors (Lipinski definition) is 0. The molecule has 0 saturated carbocycles. The third kappa shape index (κ3) is 4.44. The van der Waals surface area contributed by atoms with Crippen LogP contribution in [-0.2, 0) is 6.42 Å². The zero-order valence-corrected chi connectivity index (χ0v) is 17.7. The minimum atomic E-state index is -0.221. The van der Waals surface area contributed by atoms with Crippen molar-refractivity contribution >= 4 is 23.0 Å². The molecule has 4 rings (SSSR count). The fraction of sp³-hybridized carbons (Fsp3) is 0.292. The first kappa shape index (κ1) is 20.3. The van der Waals surface area contributed by atoms with Crippen LogP contribution in [0.3, 0.4) is 0 Å². The molecule has 154 valence electrons. The Labute approximate surface area is 180 Å². The molecule has 1 saturated heterocycles. The van der Waals surface area contributed by atoms with Crippen LogP contribution in [0, 0.1) is 5.92 Å². The molecule has 1 unspecified atom stereocenters. The lowest BCUT2D eigenvalue weighted by molar-refractivity contribution is 0.0632. The molecule has 1 aliphatic rings. The molecule has 5 nitrogen and oxygen atoms in total. The normalized spacial score (nSPS) is 16.3. The monoisotopic (exact) mass is 420 g/mol. The van der Waals surface area contributed by atoms with Gasteiger partial charge in [-0.15, -0.1) is 11.3 Å². The predicted molar refractivity (Wildman–Crippen MR) is 117 cm³/mol. The Balaban J connectivity index is 1.44. The largest absolute Gasteiger partial charge is 0.496 e. The van der Waals surface area contributed by atoms with E-state index in [1.807, 2.05) is 35.7 Å². The van der Waals surface area contributed by atoms with Gasteiger partial charge in [0.1, 0.15) is 11.4 Å². The Kier molecular flexibility index (Phi) is 6.23. The number of amides is 1. The van der Waals surface area contributed by atoms with Gasteiger partial charge in [0, 0.05) is 30.8 Å². The van der Waals surface area contributed by atoms with E-state index >= 15 is 0 Å². The quantitative estimate of drug-likeness (QED) is 0.552. The van der Waals surface area contributed by atoms with Crippen molar-refractivity contribution in [1.29, 1.82) is 0 Å². The number of rotatable bonds is 6. The van der Waals surface area contributed by atoms with Crippen LogP contribution in [0.25, 0.3) is 0 Å². The number of benzene rings is 2. The van der Waals surface area contributed by atoms with E-state index in [9.17, 15) is 9.59 Å². The Morgan fingerprint density at radius 2 is 1.90 bits per heavy atom. The molecule has 6 heteroatoms. The highest BCUT2D eigenvalue weighted by molar-refractivity contribution is 7.09. The molecular formula is C24H24N2O3S. The second kappa shape index (κ2) is 9.22. The average Bonchev–Trinajstić information content (AvgIpc) is 3.27. The maximum absolute atomic E-state index is 13.1. The van der Waals surface area contributed by atoms with Crippen LogP contribution >= 0.6 is 11.3 Å². The molecule has 0 aliphatic carbocycles. The third-order valence-corrected chi connectivity index (χ3v) is 6.27. The van der Waals surface area contributed by atoms with Gasteiger partial charge in [-0.2, -0.15) is 0 Å². The topological polar surface area (TPSA) is 59.5 Å². The first-order chi connectivity index (χ1) is 14.7. The van der Waals surface area contributed by atoms with Gasteiger partial charge in [-0.1, -0.05) is 42.5 Å². The highest BCUT2D eigenvalue weighted by atomic mass is 32.1. The van der Waals surface area contributed by atoms with Crippen molar-refractivity contribution in [1.82, 2.24) is 9.88 Å². The fourth-order valence-electron chi connectivity index (χ4n) is 3.87. The van der Waals surface area contributed by atoms with Crippen molar-refractivity contribution in [2.45, 2.75) is 19.3 Å². The SMILES string of the molecule is COc1ccccc1C(=O)C1CCCN(C(=O)c2csc(Cc3ccccc3)n2)C1. The molecule has 0 radical (unpaired) electrons. The highest BCUT2D eigenvalue weighted by Crippen LogP contribution is 2.27. The summed E-state index contributed by atoms with van der Waals surface area (Å²) in [5.41, 5.74) is 2.22. The lowest BCUT2D eigenvalue weighted by Gasteiger charge is -2.31. The Hall–Kier alpha value is -2.99. The minimum Gasteiger partial charge on any atom is -0.496 e. The summed E-state index contributed by atoms with van der Waals surface area (Å²) in [6.45, 7) is 1.07. The zero-order chi connectivity index (χ0) is 20.9. The van der Waals surface area contributed by atoms with Crippen molar-refractivity contribution < 1.29 is 14.3 Å². The first-order valence-electron chi connectivity index (χ1n) is 10.1. The summed E-state index contributed by atoms with van der Waals surface area (Å²) in [6.07, 6.45) is 2.29. The number of methoxy groups -OCH3 is 1. The third-order valence-electron chi connectivity index (χ3n) is 5.42. The Morgan fingerprint density at radius 1 is 1.13 bits per heavy atom. The molecule has 2 heterocycles. The second-order valence-electron chi connectivity index (χ2n) is 7.44. The first-order valence-corrected chi connectivity index (χ1v) is 11.0. The second-order valence-corrected chi connectivity index (χ2v) is 8.39. The van der Waals surface area contributed by atoms with Gasteiger partial charge in [-0.3, -0.25) is 9.59 Å². The van der Waals surface area contributed by atoms with E-state index in [1.54, 1.807) is 24.1 Å². The molecule has 0 spiro atoms. The average molecular weight is 421 g/mol. The number of carbonyl (C=O) groups is 2. The molecule has 0 N–H and O–H groups in total. The van der Waals surface area contributed by atoms with E-state index in [1.165, 1.54) is 16.9 Å². The number of nitrogens with zero attached hydrogens (tertiary/aromatic N) is 2. The number of carbonyl (C=O) groups excluding carboxylic acids is 2. The van der Waals surface area contributed by atoms with Gasteiger partial charge in [0.2, 0.25) is 0 Å². The number of likely N-dealkylation sites (tertiary alicyclic amines) is 1. The zero-order valence-electron chi connectivity index (χ0n) is 16.9. The van der Waals surface area contributed by atoms with Crippen molar-refractivity contribution in [2.24, 2.45) is 5.92 Å². The summed E-state index contributed by atoms with van der Waals surface area (Å²) >= 11 is 1.50. The summed E-state index contributed by atoms with van der Waals surface area (Å²) in [4.78, 5) is 32.4. The van der Waals surface area contributed by atoms with Gasteiger partial charge in [-0.05, 0) is 30.5 Å². The molecule has 1 aromatic heterocycles. The van der Waals surface area contributed by atoms with Gasteiger partial charge in [0.25, 0.3) is 5.91 Å². The Bertz CT molecular complexity index is 1030. The number of ether oxygens (including phenoxy) is 1. The summed E-state index contributed by atoms with van der Waals surface area (Å²) in [5.74, 6) is 0.300. The van der Waals surface area contributed by atoms with Crippen molar-refractivity contribution in [3.8, 4) is 5.75 Å². The number of para-hydroxylation sites is 1. The summed E-state index contributed by atoms with van der Waals surface area (Å²) in [6, 6.07) is 17.4. The van der Waals surface area contributed by atoms with E-state index in [2.05, 4.69) is 17.1 Å². The molecule has 3 aromatic rings. The maximum Gasteiger partial charge on any atom is 0.273 e. The van der Waals surface area contributed by atoms with E-state index in [-0.39, 0.29) is 17.6 Å². The van der Waals surface area contributed by atoms with Crippen LogP contribution in [0.2, 0.25) is 0 Å². The fourth-order valence-corrected chi connectivity index (χ4v) is 4.67. The molecular weight excluding hydrogens is 396 g/mol. The standard InChI is InChI=1S/C24H24N2O3S/c1-29-21-12-6-5-11-19(21)23(27)18-10-7-13-26(15-18)24(28)20-16-30-22(25-20)14-17-8-3-2-4-9-17/h2-6,8-9,11-12,16,18H,7,10,13-15H2,1H3. The maximum atomic E-state index is 13.1. The molecule has 1 aliphatic heterocycles. The highest BCUT2D eigenvalue weighted by Gasteiger charge is 2.31. The van der Waals surface area contributed by atoms with Crippen LogP contribution in [-0.4, -0.2) is 41.8 Å². The van der Waals surface area contributed by atoms with Gasteiger partial charge in [-0.25, -0.2) is 4.98 Å². The minimum absolute atomic E-state index is 0.0352. The molecule has 1 fully saturated rings. The summed E-state index contributed by atoms with van der Waals surface area (Å²) < 4.78 is 5.34. The van der Waals surface area contributed by atoms with Gasteiger partial charge in [0.15, 0.2) is 5.78 Å². The lowest BCUT2D eigenvalue weighted by Crippen LogP contribution is -2.42. The van der Waals surface area contributed by atoms with Gasteiger partial charge < -0.3 is 9.64 Å². The van der Waals surface area contributed by atoms with Crippen LogP contribution in [0.4, 0.5) is 0 Å². The molecule has 1 amide bonds. The van der Waals surface area contributed by atoms with Gasteiger partial charge >= 0.3 is 0 Å². The number of aromatic nitrogens is 1. The van der Waals surface area contributed by atoms with Crippen LogP contribution in [0.5, 0.6) is 5.75 Å². The van der Waals surface area contributed by atoms with Crippen molar-refractivity contribution in [2.75, 3.05) is 20.2 Å². The van der Waals surface area contributed by atoms with Crippen molar-refractivity contribution in [3.63, 3.8) is 0 Å². The molecule has 30 heavy (non-hydrogen) atoms. The van der Waals surface area contributed by atoms with Crippen LogP contribution < -0.4 is 4.74 Å². The predicted octanol–water partition coefficient (Wildman–Crippen LogP) is 4.48. The summed E-state index contributed by atoms with van der Waals surface area (Å²) in [7, 11) is 1.57. The number of thiazole rings is 1. The van der Waals surface area contributed by atoms with Crippen LogP contribution in [0.1, 0.15) is 44.3 Å². The summed E-state index contributed by atoms with van der Waals surface area (Å²) in [5, 5.41) is 2.75. The van der Waals surface area contributed by atoms with Crippen LogP contribution in [0.15, 0.2) is 60.0 Å². The Morgan fingerprint density at radius 3 is 2.70 bits per heavy atom. The van der Waals surface area contributed by atoms with E-state index in [4.69, 9.17) is 4.74 Å². The molecule has 1 atom stereocenters. The molecule has 0 bridgehead atoms. The number of ketones is 1. The van der Waals surface area contributed by atoms with E-state index in [0.717, 1.165) is 17.8 Å². The number of Topliss-reactive ketones (excluding diaryl/α,β-unsaturated/α-hetero) is 1. The van der Waals surface area contributed by atoms with E-state index < -0.39 is 0 Å². The van der Waals surface area contributed by atoms with Crippen molar-refractivity contribution in [3.05, 3.63) is 81.8 Å².